The van der Waals surface area contributed by atoms with Gasteiger partial charge in [-0.05, 0) is 6.92 Å². The van der Waals surface area contributed by atoms with Crippen LogP contribution in [-0.2, 0) is 0 Å². The first-order chi connectivity index (χ1) is 4.73. The van der Waals surface area contributed by atoms with Crippen LogP contribution in [0.2, 0.25) is 0 Å². The Morgan fingerprint density at radius 1 is 1.00 bits per heavy atom. The molecule has 0 aliphatic heterocycles. The average molecular weight is 153 g/mol. The summed E-state index contributed by atoms with van der Waals surface area (Å²) < 4.78 is 0. The Bertz CT molecular complexity index is 141. The summed E-state index contributed by atoms with van der Waals surface area (Å²) in [5.74, 6) is 0. The normalized spacial score (nSPS) is 7.30. The van der Waals surface area contributed by atoms with E-state index in [1.807, 2.05) is 36.4 Å². The predicted molar refractivity (Wildman–Crippen MR) is 48.9 cm³/mol. The molecule has 54 valence electrons. The van der Waals surface area contributed by atoms with Crippen LogP contribution in [0.5, 0.6) is 0 Å². The molecule has 2 heteroatoms. The fourth-order valence-corrected chi connectivity index (χ4v) is 0.385. The minimum atomic E-state index is 0.500. The van der Waals surface area contributed by atoms with Gasteiger partial charge in [0.25, 0.3) is 0 Å². The first kappa shape index (κ1) is 9.11. The van der Waals surface area contributed by atoms with E-state index in [1.165, 1.54) is 0 Å². The monoisotopic (exact) mass is 153 g/mol. The molecule has 0 amide bonds. The molecule has 0 saturated carbocycles. The molecule has 0 aromatic heterocycles. The van der Waals surface area contributed by atoms with Crippen LogP contribution in [0, 0.1) is 0 Å². The summed E-state index contributed by atoms with van der Waals surface area (Å²) in [5.41, 5.74) is 4.84. The molecule has 10 heavy (non-hydrogen) atoms. The Hall–Kier alpha value is -0.890. The van der Waals surface area contributed by atoms with Crippen LogP contribution in [-0.4, -0.2) is 4.99 Å². The van der Waals surface area contributed by atoms with Crippen LogP contribution in [0.15, 0.2) is 36.4 Å². The van der Waals surface area contributed by atoms with Crippen LogP contribution in [0.25, 0.3) is 0 Å². The van der Waals surface area contributed by atoms with Gasteiger partial charge in [-0.2, -0.15) is 0 Å². The molecule has 1 nitrogen and oxygen atoms in total. The highest BCUT2D eigenvalue weighted by atomic mass is 32.1. The zero-order valence-electron chi connectivity index (χ0n) is 5.95. The van der Waals surface area contributed by atoms with Gasteiger partial charge in [0.1, 0.15) is 0 Å². The molecule has 0 spiro atoms. The SMILES string of the molecule is CC(N)=S.c1ccccc1. The highest BCUT2D eigenvalue weighted by Gasteiger charge is 1.57. The molecule has 0 heterocycles. The summed E-state index contributed by atoms with van der Waals surface area (Å²) >= 11 is 4.31. The Balaban J connectivity index is 0.000000180. The van der Waals surface area contributed by atoms with Crippen molar-refractivity contribution in [1.82, 2.24) is 0 Å². The molecule has 0 fully saturated rings. The smallest absolute Gasteiger partial charge is 0.0695 e. The van der Waals surface area contributed by atoms with Crippen molar-refractivity contribution >= 4 is 17.2 Å². The van der Waals surface area contributed by atoms with Crippen molar-refractivity contribution in [3.8, 4) is 0 Å². The van der Waals surface area contributed by atoms with Crippen LogP contribution in [0.3, 0.4) is 0 Å². The van der Waals surface area contributed by atoms with Gasteiger partial charge in [0, 0.05) is 0 Å². The van der Waals surface area contributed by atoms with E-state index < -0.39 is 0 Å². The van der Waals surface area contributed by atoms with Crippen molar-refractivity contribution in [1.29, 1.82) is 0 Å². The van der Waals surface area contributed by atoms with E-state index in [9.17, 15) is 0 Å². The van der Waals surface area contributed by atoms with Gasteiger partial charge >= 0.3 is 0 Å². The van der Waals surface area contributed by atoms with E-state index in [0.717, 1.165) is 0 Å². The summed E-state index contributed by atoms with van der Waals surface area (Å²) in [6.45, 7) is 1.68. The van der Waals surface area contributed by atoms with Crippen molar-refractivity contribution in [3.63, 3.8) is 0 Å². The summed E-state index contributed by atoms with van der Waals surface area (Å²) in [6, 6.07) is 12.0. The predicted octanol–water partition coefficient (Wildman–Crippen LogP) is 1.98. The summed E-state index contributed by atoms with van der Waals surface area (Å²) in [6.07, 6.45) is 0. The Kier molecular flexibility index (Phi) is 5.68. The van der Waals surface area contributed by atoms with Crippen LogP contribution in [0.4, 0.5) is 0 Å². The lowest BCUT2D eigenvalue weighted by atomic mass is 10.4. The van der Waals surface area contributed by atoms with Gasteiger partial charge in [-0.25, -0.2) is 0 Å². The van der Waals surface area contributed by atoms with Crippen molar-refractivity contribution in [2.75, 3.05) is 0 Å². The number of benzene rings is 1. The third-order valence-electron chi connectivity index (χ3n) is 0.667. The second-order valence-electron chi connectivity index (χ2n) is 1.77. The van der Waals surface area contributed by atoms with Crippen molar-refractivity contribution in [2.45, 2.75) is 6.92 Å². The highest BCUT2D eigenvalue weighted by Crippen LogP contribution is 1.79. The number of rotatable bonds is 0. The van der Waals surface area contributed by atoms with E-state index in [1.54, 1.807) is 6.92 Å². The second-order valence-corrected chi connectivity index (χ2v) is 2.41. The third kappa shape index (κ3) is 10.2. The maximum Gasteiger partial charge on any atom is 0.0695 e. The minimum Gasteiger partial charge on any atom is -0.394 e. The molecular formula is C8H11NS. The van der Waals surface area contributed by atoms with E-state index >= 15 is 0 Å². The van der Waals surface area contributed by atoms with Gasteiger partial charge in [0.05, 0.1) is 4.99 Å². The van der Waals surface area contributed by atoms with E-state index in [4.69, 9.17) is 5.73 Å². The van der Waals surface area contributed by atoms with Crippen molar-refractivity contribution in [2.24, 2.45) is 5.73 Å². The molecule has 1 aromatic carbocycles. The fourth-order valence-electron chi connectivity index (χ4n) is 0.385. The fraction of sp³-hybridized carbons (Fsp3) is 0.125. The lowest BCUT2D eigenvalue weighted by molar-refractivity contribution is 1.72. The lowest BCUT2D eigenvalue weighted by Gasteiger charge is -1.69. The number of hydrogen-bond acceptors (Lipinski definition) is 1. The summed E-state index contributed by atoms with van der Waals surface area (Å²) in [7, 11) is 0. The van der Waals surface area contributed by atoms with E-state index in [0.29, 0.717) is 4.99 Å². The topological polar surface area (TPSA) is 26.0 Å². The highest BCUT2D eigenvalue weighted by molar-refractivity contribution is 7.80. The Morgan fingerprint density at radius 2 is 1.10 bits per heavy atom. The van der Waals surface area contributed by atoms with Gasteiger partial charge in [0.2, 0.25) is 0 Å². The van der Waals surface area contributed by atoms with Crippen molar-refractivity contribution in [3.05, 3.63) is 36.4 Å². The van der Waals surface area contributed by atoms with Crippen LogP contribution < -0.4 is 5.73 Å². The van der Waals surface area contributed by atoms with Gasteiger partial charge in [-0.15, -0.1) is 0 Å². The standard InChI is InChI=1S/C6H6.C2H5NS/c1-2-4-6-5-3-1;1-2(3)4/h1-6H;1H3,(H2,3,4). The quantitative estimate of drug-likeness (QED) is 0.577. The first-order valence-electron chi connectivity index (χ1n) is 2.99. The van der Waals surface area contributed by atoms with E-state index in [2.05, 4.69) is 12.2 Å². The summed E-state index contributed by atoms with van der Waals surface area (Å²) in [5, 5.41) is 0. The van der Waals surface area contributed by atoms with E-state index in [-0.39, 0.29) is 0 Å². The molecule has 0 bridgehead atoms. The Labute approximate surface area is 66.9 Å². The van der Waals surface area contributed by atoms with Gasteiger partial charge < -0.3 is 5.73 Å². The summed E-state index contributed by atoms with van der Waals surface area (Å²) in [4.78, 5) is 0.500. The molecular weight excluding hydrogens is 142 g/mol. The van der Waals surface area contributed by atoms with Crippen LogP contribution in [0.1, 0.15) is 6.92 Å². The lowest BCUT2D eigenvalue weighted by Crippen LogP contribution is -1.98. The molecule has 1 aromatic rings. The molecule has 0 saturated heterocycles. The molecule has 1 rings (SSSR count). The first-order valence-corrected chi connectivity index (χ1v) is 3.40. The molecule has 0 aliphatic rings. The number of hydrogen-bond donors (Lipinski definition) is 1. The van der Waals surface area contributed by atoms with Crippen molar-refractivity contribution < 1.29 is 0 Å². The molecule has 0 unspecified atom stereocenters. The maximum absolute atomic E-state index is 4.84. The number of nitrogens with two attached hydrogens (primary N) is 1. The zero-order chi connectivity index (χ0) is 7.82. The average Bonchev–Trinajstić information content (AvgIpc) is 1.90. The molecule has 2 N–H and O–H groups in total. The minimum absolute atomic E-state index is 0.500. The molecule has 0 aliphatic carbocycles. The van der Waals surface area contributed by atoms with Crippen LogP contribution >= 0.6 is 12.2 Å². The second kappa shape index (κ2) is 6.23. The zero-order valence-corrected chi connectivity index (χ0v) is 6.77. The third-order valence-corrected chi connectivity index (χ3v) is 0.667. The van der Waals surface area contributed by atoms with Gasteiger partial charge in [-0.3, -0.25) is 0 Å². The molecule has 0 radical (unpaired) electrons. The van der Waals surface area contributed by atoms with Gasteiger partial charge in [0.15, 0.2) is 0 Å². The number of thiocarbonyl (C=S) groups is 1. The maximum atomic E-state index is 4.84. The Morgan fingerprint density at radius 3 is 1.20 bits per heavy atom. The van der Waals surface area contributed by atoms with Gasteiger partial charge in [-0.1, -0.05) is 48.6 Å². The largest absolute Gasteiger partial charge is 0.394 e. The molecule has 0 atom stereocenters.